The largest absolute Gasteiger partial charge is 0.421 e. The van der Waals surface area contributed by atoms with Crippen molar-refractivity contribution < 1.29 is 22.7 Å². The van der Waals surface area contributed by atoms with Crippen LogP contribution in [-0.2, 0) is 15.7 Å². The highest BCUT2D eigenvalue weighted by Gasteiger charge is 2.57. The second kappa shape index (κ2) is 6.72. The number of amides is 1. The highest BCUT2D eigenvalue weighted by Crippen LogP contribution is 2.58. The molecular weight excluding hydrogens is 387 g/mol. The Bertz CT molecular complexity index is 801. The number of fused-ring (bicyclic) bond motifs is 2. The predicted octanol–water partition coefficient (Wildman–Crippen LogP) is 2.51. The van der Waals surface area contributed by atoms with Crippen molar-refractivity contribution in [1.29, 1.82) is 0 Å². The Morgan fingerprint density at radius 1 is 1.28 bits per heavy atom. The van der Waals surface area contributed by atoms with Gasteiger partial charge < -0.3 is 20.3 Å². The lowest BCUT2D eigenvalue weighted by molar-refractivity contribution is -0.137. The van der Waals surface area contributed by atoms with Crippen LogP contribution in [0, 0.1) is 11.8 Å². The summed E-state index contributed by atoms with van der Waals surface area (Å²) in [7, 11) is 0. The van der Waals surface area contributed by atoms with Gasteiger partial charge in [-0.05, 0) is 38.0 Å². The smallest absolute Gasteiger partial charge is 0.378 e. The number of carbonyl (C=O) groups excluding carboxylic acids is 1. The van der Waals surface area contributed by atoms with Crippen LogP contribution in [0.5, 0.6) is 0 Å². The molecule has 2 aliphatic heterocycles. The van der Waals surface area contributed by atoms with Crippen molar-refractivity contribution >= 4 is 17.7 Å². The van der Waals surface area contributed by atoms with Crippen LogP contribution in [0.4, 0.5) is 24.9 Å². The van der Waals surface area contributed by atoms with Gasteiger partial charge in [0.1, 0.15) is 11.4 Å². The highest BCUT2D eigenvalue weighted by molar-refractivity contribution is 5.82. The van der Waals surface area contributed by atoms with Gasteiger partial charge in [-0.1, -0.05) is 0 Å². The summed E-state index contributed by atoms with van der Waals surface area (Å²) in [6.07, 6.45) is 0.768. The molecule has 0 aromatic carbocycles. The van der Waals surface area contributed by atoms with Crippen molar-refractivity contribution in [1.82, 2.24) is 14.9 Å². The molecule has 2 saturated heterocycles. The Balaban J connectivity index is 1.21. The van der Waals surface area contributed by atoms with Gasteiger partial charge in [0, 0.05) is 24.8 Å². The third-order valence-electron chi connectivity index (χ3n) is 6.64. The highest BCUT2D eigenvalue weighted by atomic mass is 19.4. The van der Waals surface area contributed by atoms with Crippen LogP contribution in [0.2, 0.25) is 0 Å². The maximum Gasteiger partial charge on any atom is 0.421 e. The molecule has 0 spiro atoms. The van der Waals surface area contributed by atoms with E-state index in [9.17, 15) is 18.0 Å². The third-order valence-corrected chi connectivity index (χ3v) is 6.64. The summed E-state index contributed by atoms with van der Waals surface area (Å²) in [5.41, 5.74) is -0.889. The first-order chi connectivity index (χ1) is 13.8. The van der Waals surface area contributed by atoms with Crippen LogP contribution in [-0.4, -0.2) is 58.7 Å². The van der Waals surface area contributed by atoms with Crippen molar-refractivity contribution in [3.8, 4) is 0 Å². The average molecular weight is 411 g/mol. The van der Waals surface area contributed by atoms with Gasteiger partial charge in [0.05, 0.1) is 25.2 Å². The first-order valence-electron chi connectivity index (χ1n) is 10.2. The quantitative estimate of drug-likeness (QED) is 0.672. The van der Waals surface area contributed by atoms with Gasteiger partial charge in [-0.15, -0.1) is 0 Å². The molecule has 3 aliphatic carbocycles. The Hall–Kier alpha value is -2.10. The van der Waals surface area contributed by atoms with Gasteiger partial charge in [-0.2, -0.15) is 18.2 Å². The lowest BCUT2D eigenvalue weighted by atomic mass is 9.50. The number of rotatable bonds is 7. The molecule has 4 bridgehead atoms. The zero-order valence-electron chi connectivity index (χ0n) is 16.0. The van der Waals surface area contributed by atoms with E-state index in [-0.39, 0.29) is 41.7 Å². The zero-order chi connectivity index (χ0) is 20.2. The fourth-order valence-corrected chi connectivity index (χ4v) is 5.02. The molecule has 2 N–H and O–H groups in total. The number of hydrogen-bond donors (Lipinski definition) is 2. The topological polar surface area (TPSA) is 79.4 Å². The molecule has 1 aromatic heterocycles. The van der Waals surface area contributed by atoms with E-state index in [4.69, 9.17) is 4.74 Å². The van der Waals surface area contributed by atoms with Gasteiger partial charge in [-0.25, -0.2) is 4.98 Å². The molecular formula is C19H24F3N5O2. The van der Waals surface area contributed by atoms with Crippen LogP contribution >= 0.6 is 0 Å². The molecule has 3 saturated carbocycles. The van der Waals surface area contributed by atoms with Crippen LogP contribution in [0.25, 0.3) is 0 Å². The van der Waals surface area contributed by atoms with E-state index in [0.29, 0.717) is 26.2 Å². The Morgan fingerprint density at radius 3 is 2.72 bits per heavy atom. The molecule has 2 atom stereocenters. The van der Waals surface area contributed by atoms with Crippen LogP contribution in [0.3, 0.4) is 0 Å². The van der Waals surface area contributed by atoms with Gasteiger partial charge in [-0.3, -0.25) is 4.79 Å². The fraction of sp³-hybridized carbons (Fsp3) is 0.737. The molecule has 6 rings (SSSR count). The minimum atomic E-state index is -4.53. The Morgan fingerprint density at radius 2 is 2.07 bits per heavy atom. The van der Waals surface area contributed by atoms with E-state index >= 15 is 0 Å². The standard InChI is InChI=1S/C19H24F3N5O2/c20-19(21,22)14-8-24-17(26-18-5-11(6-18)7-18)25-15(14)23-2-1-3-27-13-4-12(16(27)28)9-29-10-13/h8,11-13H,1-7,9-10H2,(H2,23,24,25,26). The van der Waals surface area contributed by atoms with Crippen LogP contribution in [0.1, 0.15) is 37.7 Å². The van der Waals surface area contributed by atoms with Crippen molar-refractivity contribution in [2.45, 2.75) is 49.9 Å². The summed E-state index contributed by atoms with van der Waals surface area (Å²) in [6, 6.07) is 0.0925. The summed E-state index contributed by atoms with van der Waals surface area (Å²) in [4.78, 5) is 22.1. The number of ether oxygens (including phenoxy) is 1. The molecule has 2 unspecified atom stereocenters. The second-order valence-electron chi connectivity index (χ2n) is 8.77. The average Bonchev–Trinajstić information content (AvgIpc) is 2.82. The Kier molecular flexibility index (Phi) is 4.38. The van der Waals surface area contributed by atoms with Gasteiger partial charge in [0.25, 0.3) is 0 Å². The van der Waals surface area contributed by atoms with Gasteiger partial charge in [0.2, 0.25) is 11.9 Å². The molecule has 158 valence electrons. The van der Waals surface area contributed by atoms with Crippen molar-refractivity contribution in [3.05, 3.63) is 11.8 Å². The molecule has 5 fully saturated rings. The number of likely N-dealkylation sites (tertiary alicyclic amines) is 1. The van der Waals surface area contributed by atoms with Crippen molar-refractivity contribution in [3.63, 3.8) is 0 Å². The monoisotopic (exact) mass is 411 g/mol. The normalized spacial score (nSPS) is 32.6. The van der Waals surface area contributed by atoms with Gasteiger partial charge in [0.15, 0.2) is 0 Å². The maximum atomic E-state index is 13.3. The summed E-state index contributed by atoms with van der Waals surface area (Å²) in [5.74, 6) is 0.796. The first kappa shape index (κ1) is 18.9. The van der Waals surface area contributed by atoms with Crippen molar-refractivity contribution in [2.24, 2.45) is 11.8 Å². The second-order valence-corrected chi connectivity index (χ2v) is 8.77. The number of aromatic nitrogens is 2. The number of alkyl halides is 3. The van der Waals surface area contributed by atoms with Gasteiger partial charge >= 0.3 is 6.18 Å². The SMILES string of the molecule is O=C1C2COCC(C2)N1CCCNc1nc(NC23CC(C2)C3)ncc1C(F)(F)F. The first-order valence-corrected chi connectivity index (χ1v) is 10.2. The minimum Gasteiger partial charge on any atom is -0.378 e. The van der Waals surface area contributed by atoms with E-state index in [2.05, 4.69) is 20.6 Å². The maximum absolute atomic E-state index is 13.3. The van der Waals surface area contributed by atoms with Crippen LogP contribution in [0.15, 0.2) is 6.20 Å². The van der Waals surface area contributed by atoms with E-state index < -0.39 is 11.7 Å². The van der Waals surface area contributed by atoms with Crippen molar-refractivity contribution in [2.75, 3.05) is 36.9 Å². The van der Waals surface area contributed by atoms with E-state index in [1.54, 1.807) is 4.90 Å². The molecule has 3 heterocycles. The number of anilines is 2. The molecule has 1 amide bonds. The predicted molar refractivity (Wildman–Crippen MR) is 98.3 cm³/mol. The molecule has 0 radical (unpaired) electrons. The number of nitrogens with one attached hydrogen (secondary N) is 2. The lowest BCUT2D eigenvalue weighted by Gasteiger charge is -2.61. The lowest BCUT2D eigenvalue weighted by Crippen LogP contribution is -2.63. The molecule has 29 heavy (non-hydrogen) atoms. The molecule has 7 nitrogen and oxygen atoms in total. The molecule has 10 heteroatoms. The molecule has 5 aliphatic rings. The van der Waals surface area contributed by atoms with E-state index in [1.807, 2.05) is 0 Å². The summed E-state index contributed by atoms with van der Waals surface area (Å²) in [6.45, 7) is 1.79. The molecule has 1 aromatic rings. The van der Waals surface area contributed by atoms with Crippen LogP contribution < -0.4 is 10.6 Å². The number of halogens is 3. The number of carbonyl (C=O) groups is 1. The summed E-state index contributed by atoms with van der Waals surface area (Å²) in [5, 5.41) is 6.02. The third kappa shape index (κ3) is 3.41. The minimum absolute atomic E-state index is 0.0162. The zero-order valence-corrected chi connectivity index (χ0v) is 16.0. The number of hydrogen-bond acceptors (Lipinski definition) is 6. The summed E-state index contributed by atoms with van der Waals surface area (Å²) < 4.78 is 45.5. The van der Waals surface area contributed by atoms with E-state index in [1.165, 1.54) is 0 Å². The van der Waals surface area contributed by atoms with E-state index in [0.717, 1.165) is 37.8 Å². The Labute approximate surface area is 166 Å². The fourth-order valence-electron chi connectivity index (χ4n) is 5.02. The summed E-state index contributed by atoms with van der Waals surface area (Å²) >= 11 is 0. The number of nitrogens with zero attached hydrogens (tertiary/aromatic N) is 3.